The minimum absolute atomic E-state index is 0. The van der Waals surface area contributed by atoms with Crippen molar-refractivity contribution in [1.29, 1.82) is 0 Å². The molecule has 1 aromatic rings. The smallest absolute Gasteiger partial charge is 0.337 e. The molecule has 118 valence electrons. The number of methoxy groups -OCH3 is 1. The number of hydrogen-bond acceptors (Lipinski definition) is 4. The van der Waals surface area contributed by atoms with E-state index in [0.717, 1.165) is 12.0 Å². The Labute approximate surface area is 131 Å². The number of hydrogen-bond donors (Lipinski definition) is 2. The van der Waals surface area contributed by atoms with Crippen molar-refractivity contribution < 1.29 is 14.3 Å². The van der Waals surface area contributed by atoms with E-state index in [1.165, 1.54) is 7.11 Å². The molecule has 5 nitrogen and oxygen atoms in total. The molecule has 6 heteroatoms. The van der Waals surface area contributed by atoms with Gasteiger partial charge in [0.05, 0.1) is 18.7 Å². The van der Waals surface area contributed by atoms with Gasteiger partial charge in [-0.25, -0.2) is 4.79 Å². The number of anilines is 1. The first-order chi connectivity index (χ1) is 9.40. The molecule has 1 aromatic carbocycles. The molecule has 21 heavy (non-hydrogen) atoms. The molecular weight excluding hydrogens is 292 g/mol. The summed E-state index contributed by atoms with van der Waals surface area (Å²) in [5, 5.41) is 2.77. The highest BCUT2D eigenvalue weighted by atomic mass is 35.5. The number of esters is 1. The van der Waals surface area contributed by atoms with Gasteiger partial charge in [0.1, 0.15) is 0 Å². The molecular formula is C15H23ClN2O3. The Morgan fingerprint density at radius 3 is 2.52 bits per heavy atom. The van der Waals surface area contributed by atoms with Gasteiger partial charge >= 0.3 is 5.97 Å². The van der Waals surface area contributed by atoms with Crippen LogP contribution in [0.1, 0.15) is 36.2 Å². The summed E-state index contributed by atoms with van der Waals surface area (Å²) in [5.74, 6) is -0.588. The zero-order valence-corrected chi connectivity index (χ0v) is 13.6. The average molecular weight is 315 g/mol. The molecule has 1 rings (SSSR count). The summed E-state index contributed by atoms with van der Waals surface area (Å²) >= 11 is 0. The Bertz CT molecular complexity index is 506. The number of aryl methyl sites for hydroxylation is 1. The van der Waals surface area contributed by atoms with E-state index in [1.807, 2.05) is 20.8 Å². The molecule has 0 aromatic heterocycles. The molecule has 0 bridgehead atoms. The van der Waals surface area contributed by atoms with E-state index in [4.69, 9.17) is 5.73 Å². The van der Waals surface area contributed by atoms with Gasteiger partial charge in [-0.2, -0.15) is 0 Å². The van der Waals surface area contributed by atoms with Crippen LogP contribution in [0.2, 0.25) is 0 Å². The zero-order valence-electron chi connectivity index (χ0n) is 12.8. The molecule has 0 saturated heterocycles. The fourth-order valence-corrected chi connectivity index (χ4v) is 1.73. The number of rotatable bonds is 5. The van der Waals surface area contributed by atoms with E-state index in [0.29, 0.717) is 11.3 Å². The van der Waals surface area contributed by atoms with Gasteiger partial charge in [0.15, 0.2) is 0 Å². The number of benzene rings is 1. The number of nitrogens with two attached hydrogens (primary N) is 1. The third-order valence-electron chi connectivity index (χ3n) is 3.48. The van der Waals surface area contributed by atoms with Crippen molar-refractivity contribution in [3.05, 3.63) is 29.3 Å². The largest absolute Gasteiger partial charge is 0.465 e. The number of carbonyl (C=O) groups excluding carboxylic acids is 2. The molecule has 0 aliphatic heterocycles. The molecule has 0 saturated carbocycles. The van der Waals surface area contributed by atoms with Gasteiger partial charge in [0, 0.05) is 5.69 Å². The van der Waals surface area contributed by atoms with Crippen LogP contribution in [0.4, 0.5) is 5.69 Å². The lowest BCUT2D eigenvalue weighted by Gasteiger charge is -2.18. The maximum Gasteiger partial charge on any atom is 0.337 e. The molecule has 0 aliphatic rings. The van der Waals surface area contributed by atoms with Crippen molar-refractivity contribution in [2.24, 2.45) is 11.7 Å². The molecule has 0 fully saturated rings. The fraction of sp³-hybridized carbons (Fsp3) is 0.467. The predicted molar refractivity (Wildman–Crippen MR) is 85.8 cm³/mol. The fourth-order valence-electron chi connectivity index (χ4n) is 1.73. The summed E-state index contributed by atoms with van der Waals surface area (Å²) in [5.41, 5.74) is 7.73. The van der Waals surface area contributed by atoms with Crippen molar-refractivity contribution >= 4 is 30.0 Å². The summed E-state index contributed by atoms with van der Waals surface area (Å²) < 4.78 is 4.66. The number of ether oxygens (including phenoxy) is 1. The lowest BCUT2D eigenvalue weighted by atomic mass is 9.99. The summed E-state index contributed by atoms with van der Waals surface area (Å²) in [4.78, 5) is 23.6. The highest BCUT2D eigenvalue weighted by Crippen LogP contribution is 2.18. The third-order valence-corrected chi connectivity index (χ3v) is 3.48. The van der Waals surface area contributed by atoms with Crippen LogP contribution in [-0.4, -0.2) is 25.0 Å². The first kappa shape index (κ1) is 19.4. The van der Waals surface area contributed by atoms with E-state index in [9.17, 15) is 9.59 Å². The maximum absolute atomic E-state index is 12.1. The number of amides is 1. The minimum Gasteiger partial charge on any atom is -0.465 e. The van der Waals surface area contributed by atoms with Gasteiger partial charge in [-0.05, 0) is 30.5 Å². The van der Waals surface area contributed by atoms with Crippen LogP contribution in [0.3, 0.4) is 0 Å². The van der Waals surface area contributed by atoms with E-state index < -0.39 is 12.0 Å². The highest BCUT2D eigenvalue weighted by molar-refractivity contribution is 5.97. The third kappa shape index (κ3) is 5.02. The molecule has 0 spiro atoms. The Hall–Kier alpha value is -1.59. The molecule has 3 N–H and O–H groups in total. The van der Waals surface area contributed by atoms with E-state index in [-0.39, 0.29) is 24.2 Å². The normalized spacial score (nSPS) is 12.8. The van der Waals surface area contributed by atoms with Crippen molar-refractivity contribution in [2.75, 3.05) is 12.4 Å². The molecule has 2 atom stereocenters. The van der Waals surface area contributed by atoms with E-state index in [1.54, 1.807) is 18.2 Å². The van der Waals surface area contributed by atoms with Gasteiger partial charge in [-0.1, -0.05) is 26.3 Å². The average Bonchev–Trinajstić information content (AvgIpc) is 2.46. The molecule has 0 heterocycles. The monoisotopic (exact) mass is 314 g/mol. The number of carbonyl (C=O) groups is 2. The van der Waals surface area contributed by atoms with Crippen molar-refractivity contribution in [1.82, 2.24) is 0 Å². The summed E-state index contributed by atoms with van der Waals surface area (Å²) in [6.07, 6.45) is 0.829. The molecule has 0 aliphatic carbocycles. The van der Waals surface area contributed by atoms with Crippen LogP contribution < -0.4 is 11.1 Å². The van der Waals surface area contributed by atoms with Gasteiger partial charge in [0.25, 0.3) is 0 Å². The van der Waals surface area contributed by atoms with Gasteiger partial charge in [-0.15, -0.1) is 12.4 Å². The van der Waals surface area contributed by atoms with E-state index in [2.05, 4.69) is 10.1 Å². The molecule has 2 unspecified atom stereocenters. The maximum atomic E-state index is 12.1. The lowest BCUT2D eigenvalue weighted by molar-refractivity contribution is -0.118. The predicted octanol–water partition coefficient (Wildman–Crippen LogP) is 2.52. The molecule has 1 amide bonds. The van der Waals surface area contributed by atoms with Gasteiger partial charge < -0.3 is 15.8 Å². The summed E-state index contributed by atoms with van der Waals surface area (Å²) in [6, 6.07) is 4.45. The highest BCUT2D eigenvalue weighted by Gasteiger charge is 2.20. The summed E-state index contributed by atoms with van der Waals surface area (Å²) in [6.45, 7) is 5.77. The standard InChI is InChI=1S/C15H22N2O3.ClH/c1-5-9(2)13(16)14(18)17-12-8-11(15(19)20-4)7-6-10(12)3;/h6-9,13H,5,16H2,1-4H3,(H,17,18);1H. The number of halogens is 1. The van der Waals surface area contributed by atoms with Crippen LogP contribution in [0, 0.1) is 12.8 Å². The lowest BCUT2D eigenvalue weighted by Crippen LogP contribution is -2.40. The van der Waals surface area contributed by atoms with Crippen LogP contribution in [-0.2, 0) is 9.53 Å². The van der Waals surface area contributed by atoms with Gasteiger partial charge in [0.2, 0.25) is 5.91 Å². The van der Waals surface area contributed by atoms with Crippen molar-refractivity contribution in [3.8, 4) is 0 Å². The number of nitrogens with one attached hydrogen (secondary N) is 1. The molecule has 0 radical (unpaired) electrons. The van der Waals surface area contributed by atoms with Crippen LogP contribution in [0.5, 0.6) is 0 Å². The second kappa shape index (κ2) is 8.64. The Balaban J connectivity index is 0.00000400. The first-order valence-corrected chi connectivity index (χ1v) is 6.66. The Morgan fingerprint density at radius 1 is 1.38 bits per heavy atom. The second-order valence-corrected chi connectivity index (χ2v) is 4.92. The Kier molecular flexibility index (Phi) is 7.99. The van der Waals surface area contributed by atoms with Crippen LogP contribution in [0.25, 0.3) is 0 Å². The first-order valence-electron chi connectivity index (χ1n) is 6.66. The van der Waals surface area contributed by atoms with Gasteiger partial charge in [-0.3, -0.25) is 4.79 Å². The van der Waals surface area contributed by atoms with E-state index >= 15 is 0 Å². The zero-order chi connectivity index (χ0) is 15.3. The van der Waals surface area contributed by atoms with Crippen LogP contribution in [0.15, 0.2) is 18.2 Å². The minimum atomic E-state index is -0.568. The summed E-state index contributed by atoms with van der Waals surface area (Å²) in [7, 11) is 1.32. The quantitative estimate of drug-likeness (QED) is 0.818. The Morgan fingerprint density at radius 2 is 2.00 bits per heavy atom. The topological polar surface area (TPSA) is 81.4 Å². The van der Waals surface area contributed by atoms with Crippen molar-refractivity contribution in [2.45, 2.75) is 33.2 Å². The van der Waals surface area contributed by atoms with Crippen molar-refractivity contribution in [3.63, 3.8) is 0 Å². The van der Waals surface area contributed by atoms with Crippen LogP contribution >= 0.6 is 12.4 Å². The second-order valence-electron chi connectivity index (χ2n) is 4.92. The SMILES string of the molecule is CCC(C)C(N)C(=O)Nc1cc(C(=O)OC)ccc1C.Cl.